The standard InChI is InChI=1S/C12H12ClFN2O3/c1-18-7-11-15-16(12(17)19-11)6-5-8-9(13)3-2-4-10(8)14/h2-4H,5-7H2,1H3. The summed E-state index contributed by atoms with van der Waals surface area (Å²) in [6.07, 6.45) is 0.254. The van der Waals surface area contributed by atoms with Gasteiger partial charge in [0, 0.05) is 17.7 Å². The molecule has 102 valence electrons. The van der Waals surface area contributed by atoms with Gasteiger partial charge in [-0.3, -0.25) is 0 Å². The molecule has 2 rings (SSSR count). The van der Waals surface area contributed by atoms with Crippen molar-refractivity contribution in [3.8, 4) is 0 Å². The van der Waals surface area contributed by atoms with Gasteiger partial charge in [-0.15, -0.1) is 5.10 Å². The number of aromatic nitrogens is 2. The highest BCUT2D eigenvalue weighted by Crippen LogP contribution is 2.19. The Hall–Kier alpha value is -1.66. The van der Waals surface area contributed by atoms with E-state index in [1.165, 1.54) is 19.2 Å². The van der Waals surface area contributed by atoms with Gasteiger partial charge in [0.1, 0.15) is 12.4 Å². The second-order valence-electron chi connectivity index (χ2n) is 3.87. The first kappa shape index (κ1) is 13.8. The predicted molar refractivity (Wildman–Crippen MR) is 66.6 cm³/mol. The van der Waals surface area contributed by atoms with Gasteiger partial charge in [0.2, 0.25) is 5.89 Å². The third kappa shape index (κ3) is 3.21. The van der Waals surface area contributed by atoms with Crippen LogP contribution in [0.25, 0.3) is 0 Å². The number of methoxy groups -OCH3 is 1. The molecule has 1 aromatic heterocycles. The molecule has 1 aromatic carbocycles. The van der Waals surface area contributed by atoms with E-state index in [1.54, 1.807) is 6.07 Å². The molecule has 0 radical (unpaired) electrons. The Bertz CT molecular complexity index is 603. The molecule has 0 N–H and O–H groups in total. The monoisotopic (exact) mass is 286 g/mol. The van der Waals surface area contributed by atoms with E-state index in [9.17, 15) is 9.18 Å². The molecule has 1 heterocycles. The number of aryl methyl sites for hydroxylation is 1. The van der Waals surface area contributed by atoms with Crippen molar-refractivity contribution >= 4 is 11.6 Å². The van der Waals surface area contributed by atoms with Crippen LogP contribution in [0.4, 0.5) is 4.39 Å². The first-order chi connectivity index (χ1) is 9.11. The Kier molecular flexibility index (Phi) is 4.34. The molecule has 0 saturated carbocycles. The Morgan fingerprint density at radius 3 is 3.00 bits per heavy atom. The summed E-state index contributed by atoms with van der Waals surface area (Å²) in [4.78, 5) is 11.5. The molecule has 0 spiro atoms. The minimum atomic E-state index is -0.598. The average molecular weight is 287 g/mol. The van der Waals surface area contributed by atoms with Crippen LogP contribution in [0.1, 0.15) is 11.5 Å². The Labute approximate surface area is 113 Å². The van der Waals surface area contributed by atoms with E-state index in [4.69, 9.17) is 20.8 Å². The molecule has 0 fully saturated rings. The van der Waals surface area contributed by atoms with Gasteiger partial charge in [-0.25, -0.2) is 9.18 Å². The van der Waals surface area contributed by atoms with E-state index in [0.717, 1.165) is 4.68 Å². The first-order valence-electron chi connectivity index (χ1n) is 5.60. The highest BCUT2D eigenvalue weighted by molar-refractivity contribution is 6.31. The molecule has 0 bridgehead atoms. The molecule has 0 saturated heterocycles. The van der Waals surface area contributed by atoms with Gasteiger partial charge in [0.25, 0.3) is 0 Å². The van der Waals surface area contributed by atoms with Crippen LogP contribution in [0.5, 0.6) is 0 Å². The molecule has 2 aromatic rings. The molecule has 0 amide bonds. The van der Waals surface area contributed by atoms with E-state index in [0.29, 0.717) is 10.6 Å². The van der Waals surface area contributed by atoms with Crippen molar-refractivity contribution in [3.63, 3.8) is 0 Å². The van der Waals surface area contributed by atoms with Crippen molar-refractivity contribution in [2.24, 2.45) is 0 Å². The molecule has 7 heteroatoms. The summed E-state index contributed by atoms with van der Waals surface area (Å²) in [6.45, 7) is 0.301. The maximum atomic E-state index is 13.5. The zero-order valence-electron chi connectivity index (χ0n) is 10.2. The highest BCUT2D eigenvalue weighted by atomic mass is 35.5. The Balaban J connectivity index is 2.12. The zero-order valence-corrected chi connectivity index (χ0v) is 11.0. The summed E-state index contributed by atoms with van der Waals surface area (Å²) in [6, 6.07) is 4.45. The van der Waals surface area contributed by atoms with Gasteiger partial charge >= 0.3 is 5.76 Å². The van der Waals surface area contributed by atoms with Crippen molar-refractivity contribution in [3.05, 3.63) is 51.0 Å². The summed E-state index contributed by atoms with van der Waals surface area (Å²) < 4.78 is 24.3. The van der Waals surface area contributed by atoms with Crippen molar-refractivity contribution in [1.29, 1.82) is 0 Å². The molecular weight excluding hydrogens is 275 g/mol. The SMILES string of the molecule is COCc1nn(CCc2c(F)cccc2Cl)c(=O)o1. The molecule has 0 aliphatic rings. The fraction of sp³-hybridized carbons (Fsp3) is 0.333. The minimum absolute atomic E-state index is 0.114. The molecule has 0 unspecified atom stereocenters. The predicted octanol–water partition coefficient (Wildman–Crippen LogP) is 2.02. The number of hydrogen-bond donors (Lipinski definition) is 0. The normalized spacial score (nSPS) is 10.9. The van der Waals surface area contributed by atoms with Crippen LogP contribution >= 0.6 is 11.6 Å². The number of halogens is 2. The van der Waals surface area contributed by atoms with Gasteiger partial charge in [-0.2, -0.15) is 4.68 Å². The number of ether oxygens (including phenoxy) is 1. The molecule has 5 nitrogen and oxygen atoms in total. The fourth-order valence-electron chi connectivity index (χ4n) is 1.66. The largest absolute Gasteiger partial charge is 0.437 e. The van der Waals surface area contributed by atoms with Gasteiger partial charge < -0.3 is 9.15 Å². The summed E-state index contributed by atoms with van der Waals surface area (Å²) in [7, 11) is 1.47. The van der Waals surface area contributed by atoms with Gasteiger partial charge in [-0.05, 0) is 18.6 Å². The molecule has 19 heavy (non-hydrogen) atoms. The lowest BCUT2D eigenvalue weighted by Crippen LogP contribution is -2.17. The van der Waals surface area contributed by atoms with Gasteiger partial charge in [0.05, 0.1) is 6.54 Å². The summed E-state index contributed by atoms with van der Waals surface area (Å²) in [5.41, 5.74) is 0.354. The van der Waals surface area contributed by atoms with Crippen molar-refractivity contribution in [1.82, 2.24) is 9.78 Å². The van der Waals surface area contributed by atoms with Crippen LogP contribution < -0.4 is 5.76 Å². The zero-order chi connectivity index (χ0) is 13.8. The number of rotatable bonds is 5. The van der Waals surface area contributed by atoms with E-state index in [1.807, 2.05) is 0 Å². The molecule has 0 atom stereocenters. The molecular formula is C12H12ClFN2O3. The molecule has 0 aliphatic carbocycles. The van der Waals surface area contributed by atoms with E-state index >= 15 is 0 Å². The topological polar surface area (TPSA) is 57.3 Å². The van der Waals surface area contributed by atoms with Crippen LogP contribution in [-0.2, 0) is 24.3 Å². The second-order valence-corrected chi connectivity index (χ2v) is 4.28. The fourth-order valence-corrected chi connectivity index (χ4v) is 1.92. The van der Waals surface area contributed by atoms with E-state index in [-0.39, 0.29) is 25.5 Å². The smallest absolute Gasteiger partial charge is 0.390 e. The maximum absolute atomic E-state index is 13.5. The highest BCUT2D eigenvalue weighted by Gasteiger charge is 2.11. The van der Waals surface area contributed by atoms with Gasteiger partial charge in [-0.1, -0.05) is 17.7 Å². The third-order valence-corrected chi connectivity index (χ3v) is 2.91. The lowest BCUT2D eigenvalue weighted by molar-refractivity contribution is 0.158. The average Bonchev–Trinajstić information content (AvgIpc) is 2.70. The van der Waals surface area contributed by atoms with Crippen molar-refractivity contribution in [2.75, 3.05) is 7.11 Å². The summed E-state index contributed by atoms with van der Waals surface area (Å²) in [5.74, 6) is -0.812. The van der Waals surface area contributed by atoms with Crippen LogP contribution in [0, 0.1) is 5.82 Å². The lowest BCUT2D eigenvalue weighted by Gasteiger charge is -2.04. The second kappa shape index (κ2) is 5.99. The Morgan fingerprint density at radius 2 is 2.32 bits per heavy atom. The molecule has 0 aliphatic heterocycles. The van der Waals surface area contributed by atoms with Crippen LogP contribution in [0.2, 0.25) is 5.02 Å². The van der Waals surface area contributed by atoms with Crippen molar-refractivity contribution in [2.45, 2.75) is 19.6 Å². The summed E-state index contributed by atoms with van der Waals surface area (Å²) >= 11 is 5.90. The Morgan fingerprint density at radius 1 is 1.53 bits per heavy atom. The third-order valence-electron chi connectivity index (χ3n) is 2.55. The number of hydrogen-bond acceptors (Lipinski definition) is 4. The number of nitrogens with zero attached hydrogens (tertiary/aromatic N) is 2. The first-order valence-corrected chi connectivity index (χ1v) is 5.98. The van der Waals surface area contributed by atoms with Crippen LogP contribution in [0.15, 0.2) is 27.4 Å². The minimum Gasteiger partial charge on any atom is -0.390 e. The maximum Gasteiger partial charge on any atom is 0.437 e. The van der Waals surface area contributed by atoms with E-state index in [2.05, 4.69) is 5.10 Å². The number of benzene rings is 1. The quantitative estimate of drug-likeness (QED) is 0.844. The van der Waals surface area contributed by atoms with Gasteiger partial charge in [0.15, 0.2) is 0 Å². The lowest BCUT2D eigenvalue weighted by atomic mass is 10.1. The van der Waals surface area contributed by atoms with E-state index < -0.39 is 11.6 Å². The summed E-state index contributed by atoms with van der Waals surface area (Å²) in [5, 5.41) is 4.25. The van der Waals surface area contributed by atoms with Crippen molar-refractivity contribution < 1.29 is 13.5 Å². The van der Waals surface area contributed by atoms with Crippen LogP contribution in [0.3, 0.4) is 0 Å². The van der Waals surface area contributed by atoms with Crippen LogP contribution in [-0.4, -0.2) is 16.9 Å².